The molecule has 1 rings (SSSR count). The van der Waals surface area contributed by atoms with Crippen LogP contribution in [0.25, 0.3) is 0 Å². The summed E-state index contributed by atoms with van der Waals surface area (Å²) in [4.78, 5) is 9.35. The molecule has 19 heavy (non-hydrogen) atoms. The molecule has 0 N–H and O–H groups in total. The van der Waals surface area contributed by atoms with Crippen LogP contribution in [0.5, 0.6) is 5.75 Å². The lowest BCUT2D eigenvalue weighted by Gasteiger charge is -2.14. The molecule has 1 aromatic carbocycles. The van der Waals surface area contributed by atoms with Crippen LogP contribution in [0, 0.1) is 10.1 Å². The van der Waals surface area contributed by atoms with Gasteiger partial charge in [-0.3, -0.25) is 10.1 Å². The highest BCUT2D eigenvalue weighted by atomic mass is 31.2. The fourth-order valence-electron chi connectivity index (χ4n) is 1.19. The molecule has 0 aliphatic carbocycles. The van der Waals surface area contributed by atoms with E-state index in [1.165, 1.54) is 0 Å². The Morgan fingerprint density at radius 3 is 2.37 bits per heavy atom. The van der Waals surface area contributed by atoms with Crippen molar-refractivity contribution in [3.8, 4) is 5.75 Å². The van der Waals surface area contributed by atoms with Crippen LogP contribution >= 0.6 is 7.60 Å². The van der Waals surface area contributed by atoms with Gasteiger partial charge in [0.1, 0.15) is 11.3 Å². The average Bonchev–Trinajstić information content (AvgIpc) is 2.27. The molecule has 0 aliphatic heterocycles. The third-order valence-corrected chi connectivity index (χ3v) is 3.28. The number of nitrogens with zero attached hydrogens (tertiary/aromatic N) is 1. The third kappa shape index (κ3) is 3.93. The third-order valence-electron chi connectivity index (χ3n) is 2.07. The molecule has 0 saturated heterocycles. The van der Waals surface area contributed by atoms with Crippen molar-refractivity contribution in [3.63, 3.8) is 0 Å². The molecule has 1 atom stereocenters. The van der Waals surface area contributed by atoms with Crippen LogP contribution in [-0.4, -0.2) is 18.7 Å². The Morgan fingerprint density at radius 1 is 1.37 bits per heavy atom. The summed E-state index contributed by atoms with van der Waals surface area (Å²) >= 11 is 0. The largest absolute Gasteiger partial charge is 0.425 e. The van der Waals surface area contributed by atoms with Gasteiger partial charge in [-0.05, 0) is 12.1 Å². The smallest absolute Gasteiger partial charge is 0.423 e. The Morgan fingerprint density at radius 2 is 1.95 bits per heavy atom. The zero-order valence-electron chi connectivity index (χ0n) is 9.80. The van der Waals surface area contributed by atoms with Crippen LogP contribution in [0.1, 0.15) is 5.56 Å². The predicted octanol–water partition coefficient (Wildman–Crippen LogP) is 3.46. The SMILES string of the molecule is COP(C)(=O)Oc1ccc([N+](=O)[O-])c(C(F)(F)F)c1. The maximum Gasteiger partial charge on any atom is 0.423 e. The summed E-state index contributed by atoms with van der Waals surface area (Å²) in [5, 5.41) is 10.5. The summed E-state index contributed by atoms with van der Waals surface area (Å²) in [5.41, 5.74) is -2.59. The van der Waals surface area contributed by atoms with E-state index in [2.05, 4.69) is 4.52 Å². The first kappa shape index (κ1) is 15.5. The molecule has 0 aromatic heterocycles. The van der Waals surface area contributed by atoms with Crippen LogP contribution in [0.4, 0.5) is 18.9 Å². The topological polar surface area (TPSA) is 78.7 Å². The van der Waals surface area contributed by atoms with Crippen molar-refractivity contribution < 1.29 is 31.7 Å². The Labute approximate surface area is 105 Å². The summed E-state index contributed by atoms with van der Waals surface area (Å²) in [5.74, 6) is -0.425. The summed E-state index contributed by atoms with van der Waals surface area (Å²) in [6.45, 7) is 1.06. The van der Waals surface area contributed by atoms with Crippen LogP contribution in [0.2, 0.25) is 0 Å². The number of halogens is 3. The number of hydrogen-bond acceptors (Lipinski definition) is 5. The van der Waals surface area contributed by atoms with Gasteiger partial charge in [-0.25, -0.2) is 4.57 Å². The van der Waals surface area contributed by atoms with Gasteiger partial charge in [0.05, 0.1) is 4.92 Å². The molecule has 0 radical (unpaired) electrons. The van der Waals surface area contributed by atoms with Gasteiger partial charge in [0.15, 0.2) is 0 Å². The molecule has 1 unspecified atom stereocenters. The molecule has 0 aliphatic rings. The zero-order chi connectivity index (χ0) is 14.8. The molecule has 0 amide bonds. The molecule has 0 saturated carbocycles. The van der Waals surface area contributed by atoms with E-state index in [-0.39, 0.29) is 0 Å². The molecular formula is C9H9F3NO5P. The summed E-state index contributed by atoms with van der Waals surface area (Å²) < 4.78 is 58.6. The van der Waals surface area contributed by atoms with Gasteiger partial charge >= 0.3 is 13.8 Å². The molecule has 1 aromatic rings. The Kier molecular flexibility index (Phi) is 4.21. The minimum atomic E-state index is -4.92. The van der Waals surface area contributed by atoms with Crippen LogP contribution in [0.3, 0.4) is 0 Å². The first-order valence-corrected chi connectivity index (χ1v) is 6.74. The van der Waals surface area contributed by atoms with Gasteiger partial charge in [0, 0.05) is 19.8 Å². The second kappa shape index (κ2) is 5.18. The summed E-state index contributed by atoms with van der Waals surface area (Å²) in [7, 11) is -2.48. The fourth-order valence-corrected chi connectivity index (χ4v) is 1.76. The number of rotatable bonds is 4. The van der Waals surface area contributed by atoms with Gasteiger partial charge in [-0.2, -0.15) is 13.2 Å². The number of benzene rings is 1. The van der Waals surface area contributed by atoms with E-state index in [0.717, 1.165) is 19.8 Å². The van der Waals surface area contributed by atoms with Crippen molar-refractivity contribution in [2.24, 2.45) is 0 Å². The quantitative estimate of drug-likeness (QED) is 0.483. The molecule has 10 heteroatoms. The highest BCUT2D eigenvalue weighted by Crippen LogP contribution is 2.45. The lowest BCUT2D eigenvalue weighted by molar-refractivity contribution is -0.388. The normalized spacial score (nSPS) is 14.8. The number of alkyl halides is 3. The van der Waals surface area contributed by atoms with Gasteiger partial charge in [0.25, 0.3) is 5.69 Å². The van der Waals surface area contributed by atoms with Gasteiger partial charge in [-0.15, -0.1) is 0 Å². The van der Waals surface area contributed by atoms with Gasteiger partial charge < -0.3 is 9.05 Å². The molecule has 0 heterocycles. The van der Waals surface area contributed by atoms with Crippen molar-refractivity contribution >= 4 is 13.3 Å². The standard InChI is InChI=1S/C9H9F3NO5P/c1-17-19(2,16)18-6-3-4-8(13(14)15)7(5-6)9(10,11)12/h3-5H,1-2H3. The first-order valence-electron chi connectivity index (χ1n) is 4.75. The van der Waals surface area contributed by atoms with Crippen LogP contribution in [0.15, 0.2) is 18.2 Å². The van der Waals surface area contributed by atoms with Crippen molar-refractivity contribution in [1.29, 1.82) is 0 Å². The second-order valence-electron chi connectivity index (χ2n) is 3.48. The number of nitro groups is 1. The number of hydrogen-bond donors (Lipinski definition) is 0. The van der Waals surface area contributed by atoms with Crippen molar-refractivity contribution in [2.75, 3.05) is 13.8 Å². The van der Waals surface area contributed by atoms with E-state index < -0.39 is 35.7 Å². The molecular weight excluding hydrogens is 290 g/mol. The zero-order valence-corrected chi connectivity index (χ0v) is 10.7. The Balaban J connectivity index is 3.27. The van der Waals surface area contributed by atoms with E-state index in [1.807, 2.05) is 0 Å². The van der Waals surface area contributed by atoms with E-state index in [9.17, 15) is 27.9 Å². The summed E-state index contributed by atoms with van der Waals surface area (Å²) in [6.07, 6.45) is -4.92. The highest BCUT2D eigenvalue weighted by Gasteiger charge is 2.39. The van der Waals surface area contributed by atoms with E-state index in [1.54, 1.807) is 0 Å². The minimum absolute atomic E-state index is 0.410. The lowest BCUT2D eigenvalue weighted by Crippen LogP contribution is -2.09. The maximum atomic E-state index is 12.6. The van der Waals surface area contributed by atoms with Crippen molar-refractivity contribution in [3.05, 3.63) is 33.9 Å². The Bertz CT molecular complexity index is 545. The van der Waals surface area contributed by atoms with E-state index in [0.29, 0.717) is 12.1 Å². The first-order chi connectivity index (χ1) is 8.57. The van der Waals surface area contributed by atoms with Gasteiger partial charge in [-0.1, -0.05) is 0 Å². The molecule has 106 valence electrons. The fraction of sp³-hybridized carbons (Fsp3) is 0.333. The lowest BCUT2D eigenvalue weighted by atomic mass is 10.1. The van der Waals surface area contributed by atoms with Crippen molar-refractivity contribution in [2.45, 2.75) is 6.18 Å². The predicted molar refractivity (Wildman–Crippen MR) is 59.3 cm³/mol. The van der Waals surface area contributed by atoms with Crippen LogP contribution in [-0.2, 0) is 15.3 Å². The molecule has 6 nitrogen and oxygen atoms in total. The summed E-state index contributed by atoms with van der Waals surface area (Å²) in [6, 6.07) is 1.96. The molecule has 0 fully saturated rings. The van der Waals surface area contributed by atoms with Crippen LogP contribution < -0.4 is 4.52 Å². The maximum absolute atomic E-state index is 12.6. The average molecular weight is 299 g/mol. The highest BCUT2D eigenvalue weighted by molar-refractivity contribution is 7.53. The van der Waals surface area contributed by atoms with Crippen molar-refractivity contribution in [1.82, 2.24) is 0 Å². The Hall–Kier alpha value is -1.60. The molecule has 0 bridgehead atoms. The monoisotopic (exact) mass is 299 g/mol. The van der Waals surface area contributed by atoms with Gasteiger partial charge in [0.2, 0.25) is 0 Å². The molecule has 0 spiro atoms. The van der Waals surface area contributed by atoms with E-state index in [4.69, 9.17) is 4.52 Å². The number of nitro benzene ring substituents is 1. The second-order valence-corrected chi connectivity index (χ2v) is 5.57. The van der Waals surface area contributed by atoms with E-state index >= 15 is 0 Å². The minimum Gasteiger partial charge on any atom is -0.425 e.